The van der Waals surface area contributed by atoms with Gasteiger partial charge in [-0.2, -0.15) is 8.42 Å². The molecule has 0 saturated heterocycles. The van der Waals surface area contributed by atoms with Crippen molar-refractivity contribution in [3.8, 4) is 0 Å². The lowest BCUT2D eigenvalue weighted by atomic mass is 10.2. The largest absolute Gasteiger partial charge is 0.443 e. The smallest absolute Gasteiger partial charge is 0.422 e. The normalized spacial score (nSPS) is 12.3. The fourth-order valence-electron chi connectivity index (χ4n) is 0.539. The second-order valence-corrected chi connectivity index (χ2v) is 4.77. The van der Waals surface area contributed by atoms with Crippen molar-refractivity contribution in [1.82, 2.24) is 9.61 Å². The average molecular weight is 226 g/mol. The van der Waals surface area contributed by atoms with Crippen LogP contribution in [0.3, 0.4) is 0 Å². The van der Waals surface area contributed by atoms with Crippen LogP contribution < -0.4 is 9.61 Å². The van der Waals surface area contributed by atoms with Crippen LogP contribution in [-0.2, 0) is 19.8 Å². The van der Waals surface area contributed by atoms with E-state index in [9.17, 15) is 13.2 Å². The number of nitrogens with one attached hydrogen (secondary N) is 2. The Hall–Kier alpha value is -0.860. The first-order chi connectivity index (χ1) is 6.16. The Balaban J connectivity index is 4.21. The first kappa shape index (κ1) is 13.1. The number of amides is 1. The van der Waals surface area contributed by atoms with Crippen LogP contribution in [-0.4, -0.2) is 27.2 Å². The summed E-state index contributed by atoms with van der Waals surface area (Å²) >= 11 is 0. The van der Waals surface area contributed by atoms with Crippen LogP contribution in [0.5, 0.6) is 0 Å². The Morgan fingerprint density at radius 1 is 1.29 bits per heavy atom. The Labute approximate surface area is 82.9 Å². The van der Waals surface area contributed by atoms with Gasteiger partial charge in [-0.05, 0) is 20.8 Å². The maximum Gasteiger partial charge on any atom is 0.422 e. The molecule has 0 aliphatic heterocycles. The molecule has 0 radical (unpaired) electrons. The zero-order chi connectivity index (χ0) is 11.4. The van der Waals surface area contributed by atoms with Crippen molar-refractivity contribution in [2.24, 2.45) is 0 Å². The fraction of sp³-hybridized carbons (Fsp3) is 0.833. The zero-order valence-electron chi connectivity index (χ0n) is 8.45. The molecule has 0 unspecified atom stereocenters. The number of rotatable bonds is 3. The van der Waals surface area contributed by atoms with Crippen molar-refractivity contribution in [2.45, 2.75) is 26.4 Å². The molecule has 0 aliphatic carbocycles. The van der Waals surface area contributed by atoms with E-state index in [1.807, 2.05) is 0 Å². The lowest BCUT2D eigenvalue weighted by Gasteiger charge is -2.19. The molecule has 0 rings (SSSR count). The van der Waals surface area contributed by atoms with Gasteiger partial charge in [-0.1, -0.05) is 4.89 Å². The highest BCUT2D eigenvalue weighted by atomic mass is 32.2. The topological polar surface area (TPSA) is 93.7 Å². The molecule has 0 bridgehead atoms. The van der Waals surface area contributed by atoms with Crippen molar-refractivity contribution in [3.63, 3.8) is 0 Å². The molecule has 0 spiro atoms. The number of hydrogen-bond donors (Lipinski definition) is 2. The van der Waals surface area contributed by atoms with E-state index in [4.69, 9.17) is 4.74 Å². The van der Waals surface area contributed by atoms with Gasteiger partial charge in [0.15, 0.2) is 0 Å². The zero-order valence-corrected chi connectivity index (χ0v) is 9.27. The summed E-state index contributed by atoms with van der Waals surface area (Å²) in [5.74, 6) is 0. The van der Waals surface area contributed by atoms with Gasteiger partial charge >= 0.3 is 16.3 Å². The first-order valence-corrected chi connectivity index (χ1v) is 5.20. The Kier molecular flexibility index (Phi) is 4.30. The van der Waals surface area contributed by atoms with Crippen LogP contribution in [0.15, 0.2) is 0 Å². The van der Waals surface area contributed by atoms with Crippen molar-refractivity contribution in [2.75, 3.05) is 7.11 Å². The van der Waals surface area contributed by atoms with Crippen molar-refractivity contribution in [3.05, 3.63) is 0 Å². The molecular formula is C6H14N2O5S. The molecule has 0 fully saturated rings. The second-order valence-electron chi connectivity index (χ2n) is 3.39. The van der Waals surface area contributed by atoms with Gasteiger partial charge in [-0.25, -0.2) is 9.52 Å². The molecular weight excluding hydrogens is 212 g/mol. The van der Waals surface area contributed by atoms with Gasteiger partial charge in [0.2, 0.25) is 0 Å². The Morgan fingerprint density at radius 2 is 1.79 bits per heavy atom. The molecule has 84 valence electrons. The standard InChI is InChI=1S/C6H14N2O5S/c1-6(2,3)13-5(9)7-14(10,11)8-12-4/h8H,1-4H3,(H,7,9). The molecule has 0 heterocycles. The molecule has 14 heavy (non-hydrogen) atoms. The van der Waals surface area contributed by atoms with Gasteiger partial charge in [0, 0.05) is 0 Å². The quantitative estimate of drug-likeness (QED) is 0.656. The molecule has 0 atom stereocenters. The van der Waals surface area contributed by atoms with Gasteiger partial charge in [0.1, 0.15) is 5.60 Å². The summed E-state index contributed by atoms with van der Waals surface area (Å²) in [7, 11) is -2.89. The van der Waals surface area contributed by atoms with E-state index in [-0.39, 0.29) is 0 Å². The van der Waals surface area contributed by atoms with E-state index in [2.05, 4.69) is 4.84 Å². The van der Waals surface area contributed by atoms with Gasteiger partial charge in [0.25, 0.3) is 0 Å². The first-order valence-electron chi connectivity index (χ1n) is 3.72. The molecule has 0 aromatic carbocycles. The molecule has 0 aliphatic rings. The van der Waals surface area contributed by atoms with Gasteiger partial charge in [0.05, 0.1) is 7.11 Å². The molecule has 1 amide bonds. The summed E-state index contributed by atoms with van der Waals surface area (Å²) in [6.45, 7) is 4.84. The lowest BCUT2D eigenvalue weighted by Crippen LogP contribution is -2.42. The summed E-state index contributed by atoms with van der Waals surface area (Å²) in [6, 6.07) is 0. The highest BCUT2D eigenvalue weighted by Crippen LogP contribution is 2.06. The van der Waals surface area contributed by atoms with Crippen LogP contribution in [0.1, 0.15) is 20.8 Å². The molecule has 0 aromatic heterocycles. The third-order valence-electron chi connectivity index (χ3n) is 0.810. The maximum atomic E-state index is 10.9. The molecule has 0 aromatic rings. The minimum Gasteiger partial charge on any atom is -0.443 e. The van der Waals surface area contributed by atoms with E-state index in [1.165, 1.54) is 0 Å². The predicted molar refractivity (Wildman–Crippen MR) is 48.4 cm³/mol. The second kappa shape index (κ2) is 4.58. The summed E-state index contributed by atoms with van der Waals surface area (Å²) < 4.78 is 28.0. The highest BCUT2D eigenvalue weighted by molar-refractivity contribution is 7.87. The molecule has 0 saturated carbocycles. The summed E-state index contributed by atoms with van der Waals surface area (Å²) in [5, 5.41) is 0. The van der Waals surface area contributed by atoms with Crippen molar-refractivity contribution >= 4 is 16.3 Å². The Bertz CT molecular complexity index is 292. The van der Waals surface area contributed by atoms with Gasteiger partial charge in [-0.15, -0.1) is 0 Å². The highest BCUT2D eigenvalue weighted by Gasteiger charge is 2.20. The van der Waals surface area contributed by atoms with E-state index in [1.54, 1.807) is 30.4 Å². The van der Waals surface area contributed by atoms with Gasteiger partial charge < -0.3 is 4.74 Å². The molecule has 7 nitrogen and oxygen atoms in total. The van der Waals surface area contributed by atoms with E-state index < -0.39 is 21.9 Å². The summed E-state index contributed by atoms with van der Waals surface area (Å²) in [5.41, 5.74) is -0.757. The van der Waals surface area contributed by atoms with Gasteiger partial charge in [-0.3, -0.25) is 4.84 Å². The summed E-state index contributed by atoms with van der Waals surface area (Å²) in [4.78, 5) is 16.7. The van der Waals surface area contributed by atoms with E-state index in [0.29, 0.717) is 0 Å². The van der Waals surface area contributed by atoms with Crippen LogP contribution in [0, 0.1) is 0 Å². The fourth-order valence-corrected chi connectivity index (χ4v) is 1.06. The number of hydrogen-bond acceptors (Lipinski definition) is 5. The Morgan fingerprint density at radius 3 is 2.14 bits per heavy atom. The van der Waals surface area contributed by atoms with Crippen LogP contribution in [0.25, 0.3) is 0 Å². The minimum absolute atomic E-state index is 0.757. The number of carbonyl (C=O) groups excluding carboxylic acids is 1. The van der Waals surface area contributed by atoms with Crippen LogP contribution >= 0.6 is 0 Å². The van der Waals surface area contributed by atoms with Crippen molar-refractivity contribution < 1.29 is 22.8 Å². The molecule has 8 heteroatoms. The molecule has 2 N–H and O–H groups in total. The maximum absolute atomic E-state index is 10.9. The van der Waals surface area contributed by atoms with Crippen LogP contribution in [0.2, 0.25) is 0 Å². The SMILES string of the molecule is CONS(=O)(=O)NC(=O)OC(C)(C)C. The average Bonchev–Trinajstić information content (AvgIpc) is 1.78. The predicted octanol–water partition coefficient (Wildman–Crippen LogP) is -0.0931. The minimum atomic E-state index is -4.00. The number of ether oxygens (including phenoxy) is 1. The van der Waals surface area contributed by atoms with Crippen molar-refractivity contribution in [1.29, 1.82) is 0 Å². The van der Waals surface area contributed by atoms with E-state index in [0.717, 1.165) is 7.11 Å². The summed E-state index contributed by atoms with van der Waals surface area (Å²) in [6.07, 6.45) is -1.07. The monoisotopic (exact) mass is 226 g/mol. The van der Waals surface area contributed by atoms with Crippen LogP contribution in [0.4, 0.5) is 4.79 Å². The third kappa shape index (κ3) is 6.63. The van der Waals surface area contributed by atoms with E-state index >= 15 is 0 Å². The third-order valence-corrected chi connectivity index (χ3v) is 1.63. The lowest BCUT2D eigenvalue weighted by molar-refractivity contribution is 0.0563. The number of carbonyl (C=O) groups is 1.